The predicted octanol–water partition coefficient (Wildman–Crippen LogP) is -1.21. The van der Waals surface area contributed by atoms with Crippen molar-refractivity contribution in [3.8, 4) is 0 Å². The highest BCUT2D eigenvalue weighted by Crippen LogP contribution is 2.02. The van der Waals surface area contributed by atoms with Gasteiger partial charge in [-0.05, 0) is 12.1 Å². The molecule has 2 radical (unpaired) electrons. The zero-order valence-electron chi connectivity index (χ0n) is 7.29. The van der Waals surface area contributed by atoms with Crippen LogP contribution in [0.2, 0.25) is 0 Å². The Morgan fingerprint density at radius 2 is 1.69 bits per heavy atom. The Bertz CT molecular complexity index is 261. The molecule has 0 spiro atoms. The van der Waals surface area contributed by atoms with Crippen molar-refractivity contribution >= 4 is 24.9 Å². The van der Waals surface area contributed by atoms with E-state index >= 15 is 0 Å². The normalized spacial score (nSPS) is 7.77. The first-order valence-electron chi connectivity index (χ1n) is 3.31. The molecule has 1 aromatic rings. The van der Waals surface area contributed by atoms with Crippen molar-refractivity contribution in [2.45, 2.75) is 6.92 Å². The van der Waals surface area contributed by atoms with Gasteiger partial charge in [0.05, 0.1) is 0 Å². The lowest BCUT2D eigenvalue weighted by atomic mass is 9.96. The Morgan fingerprint density at radius 3 is 2.08 bits per heavy atom. The molecule has 0 saturated heterocycles. The first-order chi connectivity index (χ1) is 5.18. The SMILES string of the molecule is O.O.[B]c1ccc(NC(C)=O)cc1. The topological polar surface area (TPSA) is 92.1 Å². The minimum absolute atomic E-state index is 0. The third-order valence-electron chi connectivity index (χ3n) is 1.23. The van der Waals surface area contributed by atoms with Crippen molar-refractivity contribution in [3.05, 3.63) is 24.3 Å². The van der Waals surface area contributed by atoms with Crippen LogP contribution < -0.4 is 10.8 Å². The Kier molecular flexibility index (Phi) is 6.80. The summed E-state index contributed by atoms with van der Waals surface area (Å²) in [4.78, 5) is 10.6. The summed E-state index contributed by atoms with van der Waals surface area (Å²) >= 11 is 0. The van der Waals surface area contributed by atoms with Crippen LogP contribution in [-0.4, -0.2) is 24.7 Å². The van der Waals surface area contributed by atoms with Crippen molar-refractivity contribution in [1.29, 1.82) is 0 Å². The van der Waals surface area contributed by atoms with Gasteiger partial charge in [0, 0.05) is 12.6 Å². The number of carbonyl (C=O) groups excluding carboxylic acids is 1. The molecule has 0 atom stereocenters. The standard InChI is InChI=1S/C8H8BNO.2H2O/c1-6(11)10-8-4-2-7(9)3-5-8;;/h2-5H,1H3,(H,10,11);2*1H2. The maximum absolute atomic E-state index is 10.6. The van der Waals surface area contributed by atoms with Crippen LogP contribution in [0.25, 0.3) is 0 Å². The van der Waals surface area contributed by atoms with Gasteiger partial charge in [-0.25, -0.2) is 0 Å². The minimum atomic E-state index is -0.0743. The summed E-state index contributed by atoms with van der Waals surface area (Å²) in [5.74, 6) is -0.0743. The van der Waals surface area contributed by atoms with Gasteiger partial charge in [0.15, 0.2) is 0 Å². The number of hydrogen-bond donors (Lipinski definition) is 1. The van der Waals surface area contributed by atoms with E-state index < -0.39 is 0 Å². The summed E-state index contributed by atoms with van der Waals surface area (Å²) in [5.41, 5.74) is 1.46. The Balaban J connectivity index is 0. The van der Waals surface area contributed by atoms with E-state index in [0.29, 0.717) is 5.46 Å². The second kappa shape index (κ2) is 6.22. The molecule has 0 saturated carbocycles. The lowest BCUT2D eigenvalue weighted by molar-refractivity contribution is -0.114. The van der Waals surface area contributed by atoms with E-state index in [2.05, 4.69) is 5.32 Å². The summed E-state index contributed by atoms with van der Waals surface area (Å²) in [6.07, 6.45) is 0. The molecule has 13 heavy (non-hydrogen) atoms. The first kappa shape index (κ1) is 14.2. The molecule has 0 aromatic heterocycles. The van der Waals surface area contributed by atoms with Crippen molar-refractivity contribution in [2.75, 3.05) is 5.32 Å². The maximum atomic E-state index is 10.6. The molecule has 5 N–H and O–H groups in total. The zero-order chi connectivity index (χ0) is 8.27. The Labute approximate surface area is 78.0 Å². The summed E-state index contributed by atoms with van der Waals surface area (Å²) in [5, 5.41) is 2.64. The molecule has 0 bridgehead atoms. The fourth-order valence-corrected chi connectivity index (χ4v) is 0.770. The monoisotopic (exact) mass is 181 g/mol. The fourth-order valence-electron chi connectivity index (χ4n) is 0.770. The lowest BCUT2D eigenvalue weighted by Gasteiger charge is -2.00. The molecule has 0 aliphatic carbocycles. The van der Waals surface area contributed by atoms with Crippen LogP contribution in [0.3, 0.4) is 0 Å². The van der Waals surface area contributed by atoms with Gasteiger partial charge >= 0.3 is 0 Å². The average Bonchev–Trinajstić information content (AvgIpc) is 1.93. The molecule has 70 valence electrons. The number of benzene rings is 1. The van der Waals surface area contributed by atoms with E-state index in [4.69, 9.17) is 7.85 Å². The predicted molar refractivity (Wildman–Crippen MR) is 53.4 cm³/mol. The van der Waals surface area contributed by atoms with Crippen LogP contribution >= 0.6 is 0 Å². The number of amides is 1. The maximum Gasteiger partial charge on any atom is 0.221 e. The van der Waals surface area contributed by atoms with Crippen molar-refractivity contribution in [2.24, 2.45) is 0 Å². The first-order valence-corrected chi connectivity index (χ1v) is 3.31. The molecule has 1 amide bonds. The third-order valence-corrected chi connectivity index (χ3v) is 1.23. The largest absolute Gasteiger partial charge is 0.412 e. The molecule has 0 aliphatic heterocycles. The van der Waals surface area contributed by atoms with Gasteiger partial charge < -0.3 is 16.3 Å². The number of hydrogen-bond acceptors (Lipinski definition) is 1. The Morgan fingerprint density at radius 1 is 1.23 bits per heavy atom. The second-order valence-corrected chi connectivity index (χ2v) is 2.30. The van der Waals surface area contributed by atoms with Gasteiger partial charge in [0.25, 0.3) is 0 Å². The van der Waals surface area contributed by atoms with E-state index in [-0.39, 0.29) is 16.9 Å². The quantitative estimate of drug-likeness (QED) is 0.540. The molecule has 0 unspecified atom stereocenters. The van der Waals surface area contributed by atoms with Gasteiger partial charge in [0.1, 0.15) is 7.85 Å². The molecule has 4 nitrogen and oxygen atoms in total. The van der Waals surface area contributed by atoms with Crippen LogP contribution in [0.1, 0.15) is 6.92 Å². The number of nitrogens with one attached hydrogen (secondary N) is 1. The third kappa shape index (κ3) is 5.00. The summed E-state index contributed by atoms with van der Waals surface area (Å²) in [6.45, 7) is 1.47. The minimum Gasteiger partial charge on any atom is -0.412 e. The van der Waals surface area contributed by atoms with Gasteiger partial charge in [0.2, 0.25) is 5.91 Å². The van der Waals surface area contributed by atoms with Crippen molar-refractivity contribution in [1.82, 2.24) is 0 Å². The molecule has 0 aliphatic rings. The lowest BCUT2D eigenvalue weighted by Crippen LogP contribution is -2.07. The molecular weight excluding hydrogens is 169 g/mol. The molecule has 0 fully saturated rings. The number of carbonyl (C=O) groups is 1. The van der Waals surface area contributed by atoms with Gasteiger partial charge in [-0.3, -0.25) is 4.79 Å². The number of anilines is 1. The van der Waals surface area contributed by atoms with E-state index in [1.165, 1.54) is 6.92 Å². The van der Waals surface area contributed by atoms with Gasteiger partial charge in [-0.15, -0.1) is 0 Å². The highest BCUT2D eigenvalue weighted by molar-refractivity contribution is 6.32. The zero-order valence-corrected chi connectivity index (χ0v) is 7.29. The summed E-state index contributed by atoms with van der Waals surface area (Å²) in [7, 11) is 5.44. The molecule has 0 heterocycles. The molecular formula is C8H12BNO3. The number of rotatable bonds is 1. The fraction of sp³-hybridized carbons (Fsp3) is 0.125. The smallest absolute Gasteiger partial charge is 0.221 e. The van der Waals surface area contributed by atoms with Crippen molar-refractivity contribution < 1.29 is 15.7 Å². The van der Waals surface area contributed by atoms with Gasteiger partial charge in [-0.2, -0.15) is 0 Å². The van der Waals surface area contributed by atoms with E-state index in [1.807, 2.05) is 0 Å². The molecule has 1 aromatic carbocycles. The van der Waals surface area contributed by atoms with Crippen LogP contribution in [0.5, 0.6) is 0 Å². The second-order valence-electron chi connectivity index (χ2n) is 2.30. The van der Waals surface area contributed by atoms with E-state index in [0.717, 1.165) is 5.69 Å². The van der Waals surface area contributed by atoms with Crippen LogP contribution in [0.4, 0.5) is 5.69 Å². The highest BCUT2D eigenvalue weighted by atomic mass is 16.1. The van der Waals surface area contributed by atoms with Crippen LogP contribution in [-0.2, 0) is 4.79 Å². The highest BCUT2D eigenvalue weighted by Gasteiger charge is 1.92. The molecule has 5 heteroatoms. The van der Waals surface area contributed by atoms with E-state index in [1.54, 1.807) is 24.3 Å². The summed E-state index contributed by atoms with van der Waals surface area (Å²) in [6, 6.07) is 7.00. The molecule has 1 rings (SSSR count). The van der Waals surface area contributed by atoms with Crippen molar-refractivity contribution in [3.63, 3.8) is 0 Å². The van der Waals surface area contributed by atoms with Crippen LogP contribution in [0.15, 0.2) is 24.3 Å². The Hall–Kier alpha value is -1.33. The summed E-state index contributed by atoms with van der Waals surface area (Å²) < 4.78 is 0. The van der Waals surface area contributed by atoms with E-state index in [9.17, 15) is 4.79 Å². The average molecular weight is 181 g/mol. The van der Waals surface area contributed by atoms with Crippen LogP contribution in [0, 0.1) is 0 Å². The van der Waals surface area contributed by atoms with Gasteiger partial charge in [-0.1, -0.05) is 17.6 Å².